The summed E-state index contributed by atoms with van der Waals surface area (Å²) in [4.78, 5) is 9.54. The Labute approximate surface area is 121 Å². The molecule has 2 nitrogen and oxygen atoms in total. The first kappa shape index (κ1) is 17.6. The lowest BCUT2D eigenvalue weighted by Gasteiger charge is -2.00. The number of thiazole rings is 1. The van der Waals surface area contributed by atoms with Crippen molar-refractivity contribution < 1.29 is 0 Å². The van der Waals surface area contributed by atoms with Crippen molar-refractivity contribution in [3.05, 3.63) is 27.9 Å². The Bertz CT molecular complexity index is 496. The molecule has 19 heavy (non-hydrogen) atoms. The first-order valence-corrected chi connectivity index (χ1v) is 7.46. The molecule has 1 aromatic rings. The lowest BCUT2D eigenvalue weighted by atomic mass is 10.1. The number of rotatable bonds is 2. The molecule has 1 aromatic heterocycles. The minimum Gasteiger partial charge on any atom is -0.265 e. The minimum atomic E-state index is 0.483. The van der Waals surface area contributed by atoms with Crippen LogP contribution >= 0.6 is 11.3 Å². The van der Waals surface area contributed by atoms with Gasteiger partial charge in [-0.25, -0.2) is 4.98 Å². The number of hydrogen-bond donors (Lipinski definition) is 0. The lowest BCUT2D eigenvalue weighted by Crippen LogP contribution is -2.00. The zero-order valence-corrected chi connectivity index (χ0v) is 13.9. The molecular formula is C16H24N2S. The van der Waals surface area contributed by atoms with Crippen molar-refractivity contribution in [2.45, 2.75) is 48.5 Å². The van der Waals surface area contributed by atoms with Crippen LogP contribution in [0, 0.1) is 24.7 Å². The molecule has 0 aromatic carbocycles. The summed E-state index contributed by atoms with van der Waals surface area (Å²) in [6, 6.07) is 0. The van der Waals surface area contributed by atoms with Gasteiger partial charge in [-0.3, -0.25) is 4.99 Å². The fourth-order valence-electron chi connectivity index (χ4n) is 0.959. The fraction of sp³-hybridized carbons (Fsp3) is 0.500. The molecule has 0 radical (unpaired) electrons. The van der Waals surface area contributed by atoms with Crippen LogP contribution in [0.25, 0.3) is 0 Å². The van der Waals surface area contributed by atoms with Gasteiger partial charge in [0.2, 0.25) is 0 Å². The molecule has 3 heteroatoms. The van der Waals surface area contributed by atoms with E-state index in [9.17, 15) is 0 Å². The van der Waals surface area contributed by atoms with Crippen molar-refractivity contribution in [3.63, 3.8) is 0 Å². The number of nitrogens with zero attached hydrogens (tertiary/aromatic N) is 2. The first-order chi connectivity index (χ1) is 8.99. The van der Waals surface area contributed by atoms with E-state index in [1.54, 1.807) is 11.3 Å². The van der Waals surface area contributed by atoms with Crippen LogP contribution in [0.1, 0.15) is 51.4 Å². The quantitative estimate of drug-likeness (QED) is 0.560. The van der Waals surface area contributed by atoms with Gasteiger partial charge in [-0.15, -0.1) is 11.3 Å². The molecule has 0 N–H and O–H groups in total. The fourth-order valence-corrected chi connectivity index (χ4v) is 1.59. The van der Waals surface area contributed by atoms with Gasteiger partial charge in [-0.2, -0.15) is 0 Å². The van der Waals surface area contributed by atoms with Gasteiger partial charge in [0.1, 0.15) is 0 Å². The predicted molar refractivity (Wildman–Crippen MR) is 86.8 cm³/mol. The molecule has 0 amide bonds. The Morgan fingerprint density at radius 1 is 1.37 bits per heavy atom. The predicted octanol–water partition coefficient (Wildman–Crippen LogP) is 4.85. The third kappa shape index (κ3) is 7.58. The normalized spacial score (nSPS) is 11.6. The number of aliphatic imine (C=N–C) groups is 1. The SMILES string of the molecule is CC.CC(=N/C=C(\C)C#Cc1cnc(C)s1)C(C)C. The number of aryl methyl sites for hydroxylation is 1. The molecule has 0 saturated heterocycles. The maximum absolute atomic E-state index is 4.38. The molecule has 0 spiro atoms. The second-order valence-electron chi connectivity index (χ2n) is 4.23. The molecule has 0 saturated carbocycles. The Morgan fingerprint density at radius 3 is 2.47 bits per heavy atom. The zero-order chi connectivity index (χ0) is 14.8. The maximum atomic E-state index is 4.38. The van der Waals surface area contributed by atoms with E-state index >= 15 is 0 Å². The highest BCUT2D eigenvalue weighted by molar-refractivity contribution is 7.12. The average Bonchev–Trinajstić information content (AvgIpc) is 2.81. The van der Waals surface area contributed by atoms with Crippen LogP contribution in [0.5, 0.6) is 0 Å². The van der Waals surface area contributed by atoms with Gasteiger partial charge >= 0.3 is 0 Å². The van der Waals surface area contributed by atoms with E-state index in [4.69, 9.17) is 0 Å². The van der Waals surface area contributed by atoms with Crippen molar-refractivity contribution >= 4 is 17.0 Å². The Kier molecular flexibility index (Phi) is 8.82. The minimum absolute atomic E-state index is 0.483. The molecule has 0 aliphatic heterocycles. The van der Waals surface area contributed by atoms with Crippen molar-refractivity contribution in [2.24, 2.45) is 10.9 Å². The van der Waals surface area contributed by atoms with Crippen LogP contribution in [0.15, 0.2) is 23.0 Å². The average molecular weight is 276 g/mol. The van der Waals surface area contributed by atoms with Gasteiger partial charge in [-0.1, -0.05) is 33.6 Å². The summed E-state index contributed by atoms with van der Waals surface area (Å²) >= 11 is 1.61. The highest BCUT2D eigenvalue weighted by Crippen LogP contribution is 2.09. The zero-order valence-electron chi connectivity index (χ0n) is 13.0. The summed E-state index contributed by atoms with van der Waals surface area (Å²) < 4.78 is 0. The van der Waals surface area contributed by atoms with Crippen LogP contribution in [-0.2, 0) is 0 Å². The van der Waals surface area contributed by atoms with Gasteiger partial charge in [-0.05, 0) is 32.6 Å². The number of allylic oxidation sites excluding steroid dienone is 1. The Balaban J connectivity index is 0.00000154. The monoisotopic (exact) mass is 276 g/mol. The topological polar surface area (TPSA) is 25.2 Å². The summed E-state index contributed by atoms with van der Waals surface area (Å²) in [6.07, 6.45) is 3.64. The van der Waals surface area contributed by atoms with E-state index in [0.29, 0.717) is 5.92 Å². The van der Waals surface area contributed by atoms with E-state index in [1.807, 2.05) is 47.0 Å². The van der Waals surface area contributed by atoms with Gasteiger partial charge in [0, 0.05) is 17.5 Å². The molecule has 0 aliphatic rings. The molecule has 1 heterocycles. The van der Waals surface area contributed by atoms with E-state index in [-0.39, 0.29) is 0 Å². The highest BCUT2D eigenvalue weighted by atomic mass is 32.1. The smallest absolute Gasteiger partial charge is 0.0973 e. The molecule has 0 bridgehead atoms. The van der Waals surface area contributed by atoms with Crippen molar-refractivity contribution in [1.82, 2.24) is 4.98 Å². The molecule has 1 rings (SSSR count). The number of hydrogen-bond acceptors (Lipinski definition) is 3. The molecule has 0 atom stereocenters. The summed E-state index contributed by atoms with van der Waals surface area (Å²) in [5, 5.41) is 1.05. The van der Waals surface area contributed by atoms with Gasteiger partial charge in [0.25, 0.3) is 0 Å². The molecule has 0 aliphatic carbocycles. The van der Waals surface area contributed by atoms with Gasteiger partial charge in [0.15, 0.2) is 0 Å². The van der Waals surface area contributed by atoms with Crippen molar-refractivity contribution in [1.29, 1.82) is 0 Å². The largest absolute Gasteiger partial charge is 0.265 e. The molecule has 104 valence electrons. The van der Waals surface area contributed by atoms with Crippen molar-refractivity contribution in [3.8, 4) is 11.8 Å². The number of aromatic nitrogens is 1. The van der Waals surface area contributed by atoms with Gasteiger partial charge < -0.3 is 0 Å². The summed E-state index contributed by atoms with van der Waals surface area (Å²) in [5.41, 5.74) is 2.09. The molecule has 0 fully saturated rings. The maximum Gasteiger partial charge on any atom is 0.0973 e. The highest BCUT2D eigenvalue weighted by Gasteiger charge is 1.95. The van der Waals surface area contributed by atoms with Gasteiger partial charge in [0.05, 0.1) is 16.1 Å². The van der Waals surface area contributed by atoms with E-state index in [1.165, 1.54) is 0 Å². The second kappa shape index (κ2) is 9.52. The lowest BCUT2D eigenvalue weighted by molar-refractivity contribution is 0.878. The Morgan fingerprint density at radius 2 is 2.00 bits per heavy atom. The van der Waals surface area contributed by atoms with E-state index in [0.717, 1.165) is 21.2 Å². The third-order valence-corrected chi connectivity index (χ3v) is 3.13. The van der Waals surface area contributed by atoms with E-state index in [2.05, 4.69) is 35.7 Å². The molecule has 0 unspecified atom stereocenters. The van der Waals surface area contributed by atoms with Crippen LogP contribution in [0.3, 0.4) is 0 Å². The third-order valence-electron chi connectivity index (χ3n) is 2.30. The van der Waals surface area contributed by atoms with E-state index < -0.39 is 0 Å². The first-order valence-electron chi connectivity index (χ1n) is 6.64. The standard InChI is InChI=1S/C14H18N2S.C2H6/c1-10(2)12(4)15-8-11(3)6-7-14-9-16-13(5)17-14;1-2/h8-10H,1-5H3;1-2H3/b11-8+,15-12?;. The van der Waals surface area contributed by atoms with Crippen molar-refractivity contribution in [2.75, 3.05) is 0 Å². The second-order valence-corrected chi connectivity index (χ2v) is 5.47. The summed E-state index contributed by atoms with van der Waals surface area (Å²) in [6.45, 7) is 14.3. The van der Waals surface area contributed by atoms with Crippen LogP contribution in [0.4, 0.5) is 0 Å². The molecular weight excluding hydrogens is 252 g/mol. The summed E-state index contributed by atoms with van der Waals surface area (Å²) in [5.74, 6) is 6.65. The van der Waals surface area contributed by atoms with Crippen LogP contribution in [-0.4, -0.2) is 10.7 Å². The van der Waals surface area contributed by atoms with Crippen LogP contribution in [0.2, 0.25) is 0 Å². The summed E-state index contributed by atoms with van der Waals surface area (Å²) in [7, 11) is 0. The van der Waals surface area contributed by atoms with Crippen LogP contribution < -0.4 is 0 Å². The Hall–Kier alpha value is -1.40.